The maximum atomic E-state index is 12.4. The van der Waals surface area contributed by atoms with Crippen LogP contribution in [0.25, 0.3) is 0 Å². The van der Waals surface area contributed by atoms with Gasteiger partial charge in [-0.25, -0.2) is 4.79 Å². The first-order chi connectivity index (χ1) is 9.69. The monoisotopic (exact) mass is 299 g/mol. The summed E-state index contributed by atoms with van der Waals surface area (Å²) >= 11 is 0. The van der Waals surface area contributed by atoms with Crippen LogP contribution in [-0.2, 0) is 14.3 Å². The van der Waals surface area contributed by atoms with Gasteiger partial charge in [0.2, 0.25) is 5.91 Å². The fourth-order valence-corrected chi connectivity index (χ4v) is 3.06. The third-order valence-corrected chi connectivity index (χ3v) is 4.44. The van der Waals surface area contributed by atoms with Crippen LogP contribution in [0.4, 0.5) is 0 Å². The Hall–Kier alpha value is -1.10. The van der Waals surface area contributed by atoms with Crippen LogP contribution >= 0.6 is 0 Å². The van der Waals surface area contributed by atoms with Crippen molar-refractivity contribution in [3.8, 4) is 0 Å². The summed E-state index contributed by atoms with van der Waals surface area (Å²) in [7, 11) is 0. The zero-order chi connectivity index (χ0) is 16.2. The third kappa shape index (κ3) is 4.70. The molecule has 1 aliphatic carbocycles. The molecule has 0 saturated heterocycles. The Morgan fingerprint density at radius 1 is 1.38 bits per heavy atom. The summed E-state index contributed by atoms with van der Waals surface area (Å²) in [5.74, 6) is 0.395. The number of aliphatic hydroxyl groups excluding tert-OH is 1. The molecule has 5 heteroatoms. The largest absolute Gasteiger partial charge is 0.460 e. The van der Waals surface area contributed by atoms with Gasteiger partial charge in [-0.15, -0.1) is 0 Å². The molecule has 0 aliphatic heterocycles. The van der Waals surface area contributed by atoms with Crippen molar-refractivity contribution in [1.82, 2.24) is 5.32 Å². The molecule has 0 bridgehead atoms. The van der Waals surface area contributed by atoms with E-state index < -0.39 is 18.1 Å². The molecule has 0 radical (unpaired) electrons. The molecule has 1 amide bonds. The molecule has 0 aromatic rings. The second kappa shape index (κ2) is 7.25. The Bertz CT molecular complexity index is 382. The lowest BCUT2D eigenvalue weighted by atomic mass is 9.75. The third-order valence-electron chi connectivity index (χ3n) is 4.44. The Balaban J connectivity index is 2.79. The number of aliphatic hydroxyl groups is 1. The summed E-state index contributed by atoms with van der Waals surface area (Å²) in [5, 5.41) is 11.9. The van der Waals surface area contributed by atoms with Gasteiger partial charge in [0.05, 0.1) is 6.61 Å². The molecular formula is C16H29NO4. The molecule has 1 fully saturated rings. The normalized spacial score (nSPS) is 28.8. The molecule has 4 unspecified atom stereocenters. The van der Waals surface area contributed by atoms with Gasteiger partial charge in [-0.05, 0) is 37.5 Å². The molecular weight excluding hydrogens is 270 g/mol. The van der Waals surface area contributed by atoms with Crippen LogP contribution in [0.1, 0.15) is 53.9 Å². The average molecular weight is 299 g/mol. The van der Waals surface area contributed by atoms with Gasteiger partial charge >= 0.3 is 5.97 Å². The van der Waals surface area contributed by atoms with E-state index in [1.54, 1.807) is 0 Å². The minimum atomic E-state index is -1.37. The number of nitrogens with one attached hydrogen (secondary N) is 1. The number of carbonyl (C=O) groups excluding carboxylic acids is 2. The van der Waals surface area contributed by atoms with Crippen molar-refractivity contribution < 1.29 is 19.4 Å². The molecule has 0 spiro atoms. The molecule has 21 heavy (non-hydrogen) atoms. The van der Waals surface area contributed by atoms with Crippen LogP contribution in [0.15, 0.2) is 0 Å². The van der Waals surface area contributed by atoms with Crippen molar-refractivity contribution in [2.24, 2.45) is 17.8 Å². The highest BCUT2D eigenvalue weighted by Crippen LogP contribution is 2.35. The number of carbonyl (C=O) groups is 2. The zero-order valence-corrected chi connectivity index (χ0v) is 13.8. The molecule has 4 atom stereocenters. The van der Waals surface area contributed by atoms with E-state index in [-0.39, 0.29) is 12.0 Å². The molecule has 2 N–H and O–H groups in total. The maximum Gasteiger partial charge on any atom is 0.334 e. The van der Waals surface area contributed by atoms with Crippen molar-refractivity contribution >= 4 is 11.9 Å². The van der Waals surface area contributed by atoms with E-state index in [9.17, 15) is 14.7 Å². The SMILES string of the molecule is CC(=O)NC(C)(CO)C(=O)OC1CC(C)CCC1C(C)C. The number of esters is 1. The first-order valence-corrected chi connectivity index (χ1v) is 7.80. The Morgan fingerprint density at radius 3 is 2.48 bits per heavy atom. The lowest BCUT2D eigenvalue weighted by Gasteiger charge is -2.38. The number of amides is 1. The van der Waals surface area contributed by atoms with Gasteiger partial charge in [0.1, 0.15) is 6.10 Å². The van der Waals surface area contributed by atoms with E-state index in [1.807, 2.05) is 0 Å². The van der Waals surface area contributed by atoms with Crippen molar-refractivity contribution in [2.45, 2.75) is 65.5 Å². The smallest absolute Gasteiger partial charge is 0.334 e. The summed E-state index contributed by atoms with van der Waals surface area (Å²) in [4.78, 5) is 23.6. The van der Waals surface area contributed by atoms with Crippen LogP contribution in [-0.4, -0.2) is 35.2 Å². The number of hydrogen-bond acceptors (Lipinski definition) is 4. The molecule has 5 nitrogen and oxygen atoms in total. The summed E-state index contributed by atoms with van der Waals surface area (Å²) < 4.78 is 5.68. The van der Waals surface area contributed by atoms with Crippen molar-refractivity contribution in [2.75, 3.05) is 6.61 Å². The van der Waals surface area contributed by atoms with Gasteiger partial charge in [-0.2, -0.15) is 0 Å². The summed E-state index contributed by atoms with van der Waals surface area (Å²) in [5.41, 5.74) is -1.37. The van der Waals surface area contributed by atoms with Gasteiger partial charge in [0.15, 0.2) is 5.54 Å². The van der Waals surface area contributed by atoms with Crippen molar-refractivity contribution in [3.05, 3.63) is 0 Å². The molecule has 0 heterocycles. The molecule has 1 saturated carbocycles. The Kier molecular flexibility index (Phi) is 6.20. The highest BCUT2D eigenvalue weighted by molar-refractivity contribution is 5.87. The molecule has 1 rings (SSSR count). The van der Waals surface area contributed by atoms with E-state index in [0.717, 1.165) is 19.3 Å². The van der Waals surface area contributed by atoms with Crippen LogP contribution in [0.2, 0.25) is 0 Å². The molecule has 0 aromatic heterocycles. The van der Waals surface area contributed by atoms with E-state index in [0.29, 0.717) is 17.8 Å². The van der Waals surface area contributed by atoms with Gasteiger partial charge < -0.3 is 15.2 Å². The van der Waals surface area contributed by atoms with Gasteiger partial charge in [-0.3, -0.25) is 4.79 Å². The van der Waals surface area contributed by atoms with Gasteiger partial charge in [0, 0.05) is 6.92 Å². The van der Waals surface area contributed by atoms with E-state index in [4.69, 9.17) is 4.74 Å². The van der Waals surface area contributed by atoms with Gasteiger partial charge in [-0.1, -0.05) is 27.2 Å². The first kappa shape index (κ1) is 18.0. The second-order valence-electron chi connectivity index (χ2n) is 6.94. The van der Waals surface area contributed by atoms with Crippen molar-refractivity contribution in [1.29, 1.82) is 0 Å². The topological polar surface area (TPSA) is 75.6 Å². The second-order valence-corrected chi connectivity index (χ2v) is 6.94. The highest BCUT2D eigenvalue weighted by Gasteiger charge is 2.40. The lowest BCUT2D eigenvalue weighted by molar-refractivity contribution is -0.166. The molecule has 1 aliphatic rings. The van der Waals surface area contributed by atoms with Crippen LogP contribution in [0.5, 0.6) is 0 Å². The van der Waals surface area contributed by atoms with Crippen LogP contribution in [0.3, 0.4) is 0 Å². The minimum absolute atomic E-state index is 0.138. The van der Waals surface area contributed by atoms with E-state index >= 15 is 0 Å². The number of rotatable bonds is 5. The summed E-state index contributed by atoms with van der Waals surface area (Å²) in [6.45, 7) is 8.78. The first-order valence-electron chi connectivity index (χ1n) is 7.80. The Labute approximate surface area is 127 Å². The average Bonchev–Trinajstić information content (AvgIpc) is 2.37. The van der Waals surface area contributed by atoms with E-state index in [2.05, 4.69) is 26.1 Å². The standard InChI is InChI=1S/C16H29NO4/c1-10(2)13-7-6-11(3)8-14(13)21-15(20)16(5,9-18)17-12(4)19/h10-11,13-14,18H,6-9H2,1-5H3,(H,17,19). The predicted molar refractivity (Wildman–Crippen MR) is 80.5 cm³/mol. The number of hydrogen-bond donors (Lipinski definition) is 2. The molecule has 122 valence electrons. The fraction of sp³-hybridized carbons (Fsp3) is 0.875. The van der Waals surface area contributed by atoms with Gasteiger partial charge in [0.25, 0.3) is 0 Å². The van der Waals surface area contributed by atoms with Crippen LogP contribution < -0.4 is 5.32 Å². The highest BCUT2D eigenvalue weighted by atomic mass is 16.5. The number of ether oxygens (including phenoxy) is 1. The lowest BCUT2D eigenvalue weighted by Crippen LogP contribution is -2.56. The van der Waals surface area contributed by atoms with Crippen molar-refractivity contribution in [3.63, 3.8) is 0 Å². The summed E-state index contributed by atoms with van der Waals surface area (Å²) in [6, 6.07) is 0. The quantitative estimate of drug-likeness (QED) is 0.760. The summed E-state index contributed by atoms with van der Waals surface area (Å²) in [6.07, 6.45) is 2.91. The predicted octanol–water partition coefficient (Wildman–Crippen LogP) is 1.88. The fourth-order valence-electron chi connectivity index (χ4n) is 3.06. The minimum Gasteiger partial charge on any atom is -0.460 e. The molecule has 0 aromatic carbocycles. The van der Waals surface area contributed by atoms with Crippen LogP contribution in [0, 0.1) is 17.8 Å². The van der Waals surface area contributed by atoms with E-state index in [1.165, 1.54) is 13.8 Å². The zero-order valence-electron chi connectivity index (χ0n) is 13.8. The maximum absolute atomic E-state index is 12.4. The Morgan fingerprint density at radius 2 is 2.00 bits per heavy atom.